The Morgan fingerprint density at radius 1 is 1.19 bits per heavy atom. The summed E-state index contributed by atoms with van der Waals surface area (Å²) in [6.45, 7) is 12.3. The predicted octanol–water partition coefficient (Wildman–Crippen LogP) is 3.80. The molecule has 0 N–H and O–H groups in total. The van der Waals surface area contributed by atoms with Gasteiger partial charge in [-0.3, -0.25) is 4.67 Å². The first-order valence-corrected chi connectivity index (χ1v) is 5.54. The molecule has 7 heteroatoms. The molecule has 1 unspecified atom stereocenters. The molecular weight excluding hydrogens is 240 g/mol. The summed E-state index contributed by atoms with van der Waals surface area (Å²) in [5.41, 5.74) is 0. The van der Waals surface area contributed by atoms with Crippen molar-refractivity contribution in [3.05, 3.63) is 38.3 Å². The fourth-order valence-corrected chi connectivity index (χ4v) is 2.17. The molecule has 0 aliphatic rings. The van der Waals surface area contributed by atoms with Crippen molar-refractivity contribution in [3.8, 4) is 0 Å². The third-order valence-corrected chi connectivity index (χ3v) is 3.49. The highest BCUT2D eigenvalue weighted by molar-refractivity contribution is 7.47. The molecule has 16 heavy (non-hydrogen) atoms. The standard InChI is InChI=1S/C9H14F3N2OP/c1-5-13(6-2)16(14(7-3)8-4)15-9(10,11)12/h5-7H,1-3,8H2,4H3. The number of halogens is 3. The molecule has 0 bridgehead atoms. The molecule has 0 radical (unpaired) electrons. The Hall–Kier alpha value is -1.00. The van der Waals surface area contributed by atoms with Gasteiger partial charge in [0.1, 0.15) is 0 Å². The fraction of sp³-hybridized carbons (Fsp3) is 0.333. The summed E-state index contributed by atoms with van der Waals surface area (Å²) >= 11 is 0. The van der Waals surface area contributed by atoms with Crippen LogP contribution < -0.4 is 0 Å². The molecule has 0 amide bonds. The smallest absolute Gasteiger partial charge is 0.319 e. The van der Waals surface area contributed by atoms with E-state index in [2.05, 4.69) is 24.3 Å². The highest BCUT2D eigenvalue weighted by Gasteiger charge is 2.38. The van der Waals surface area contributed by atoms with Crippen LogP contribution in [0.25, 0.3) is 0 Å². The lowest BCUT2D eigenvalue weighted by Gasteiger charge is -2.33. The average Bonchev–Trinajstić information content (AvgIpc) is 2.19. The summed E-state index contributed by atoms with van der Waals surface area (Å²) in [5, 5.41) is 0. The molecular formula is C9H14F3N2OP. The molecule has 0 aromatic carbocycles. The fourth-order valence-electron chi connectivity index (χ4n) is 0.859. The van der Waals surface area contributed by atoms with Gasteiger partial charge in [-0.2, -0.15) is 0 Å². The van der Waals surface area contributed by atoms with Crippen LogP contribution in [0.3, 0.4) is 0 Å². The number of hydrogen-bond acceptors (Lipinski definition) is 3. The summed E-state index contributed by atoms with van der Waals surface area (Å²) in [7, 11) is -2.09. The van der Waals surface area contributed by atoms with Gasteiger partial charge in [0.2, 0.25) is 0 Å². The SMILES string of the molecule is C=CN(C=C)P(OC(F)(F)F)N(C=C)CC. The van der Waals surface area contributed by atoms with Crippen molar-refractivity contribution in [1.29, 1.82) is 0 Å². The van der Waals surface area contributed by atoms with E-state index in [0.29, 0.717) is 6.54 Å². The topological polar surface area (TPSA) is 15.7 Å². The zero-order valence-corrected chi connectivity index (χ0v) is 9.84. The van der Waals surface area contributed by atoms with Crippen molar-refractivity contribution >= 4 is 8.45 Å². The van der Waals surface area contributed by atoms with Gasteiger partial charge in [0.25, 0.3) is 8.45 Å². The first-order chi connectivity index (χ1) is 7.39. The van der Waals surface area contributed by atoms with E-state index in [1.54, 1.807) is 6.92 Å². The lowest BCUT2D eigenvalue weighted by Crippen LogP contribution is -2.24. The minimum Gasteiger partial charge on any atom is -0.319 e. The lowest BCUT2D eigenvalue weighted by atomic mass is 10.7. The van der Waals surface area contributed by atoms with Gasteiger partial charge < -0.3 is 4.67 Å². The molecule has 0 saturated carbocycles. The first kappa shape index (κ1) is 15.0. The molecule has 0 aliphatic carbocycles. The van der Waals surface area contributed by atoms with Crippen LogP contribution in [0.1, 0.15) is 6.92 Å². The van der Waals surface area contributed by atoms with Crippen LogP contribution in [0, 0.1) is 0 Å². The van der Waals surface area contributed by atoms with E-state index in [0.717, 1.165) is 4.67 Å². The second kappa shape index (κ2) is 6.55. The Bertz CT molecular complexity index is 250. The van der Waals surface area contributed by atoms with Crippen LogP contribution in [0.2, 0.25) is 0 Å². The largest absolute Gasteiger partial charge is 0.528 e. The molecule has 92 valence electrons. The zero-order valence-electron chi connectivity index (χ0n) is 8.94. The van der Waals surface area contributed by atoms with Crippen LogP contribution in [0.5, 0.6) is 0 Å². The highest BCUT2D eigenvalue weighted by atomic mass is 31.2. The monoisotopic (exact) mass is 254 g/mol. The van der Waals surface area contributed by atoms with Crippen LogP contribution in [-0.4, -0.2) is 22.2 Å². The Labute approximate surface area is 94.4 Å². The van der Waals surface area contributed by atoms with E-state index < -0.39 is 14.8 Å². The van der Waals surface area contributed by atoms with Gasteiger partial charge in [-0.15, -0.1) is 13.2 Å². The van der Waals surface area contributed by atoms with Gasteiger partial charge in [-0.1, -0.05) is 19.7 Å². The van der Waals surface area contributed by atoms with Gasteiger partial charge in [0.15, 0.2) is 0 Å². The van der Waals surface area contributed by atoms with Gasteiger partial charge in [-0.05, 0) is 13.1 Å². The van der Waals surface area contributed by atoms with Crippen molar-refractivity contribution in [2.75, 3.05) is 6.54 Å². The Morgan fingerprint density at radius 3 is 1.94 bits per heavy atom. The van der Waals surface area contributed by atoms with Gasteiger partial charge in [0.05, 0.1) is 0 Å². The Morgan fingerprint density at radius 2 is 1.69 bits per heavy atom. The van der Waals surface area contributed by atoms with E-state index in [1.807, 2.05) is 0 Å². The number of hydrogen-bond donors (Lipinski definition) is 0. The number of nitrogens with zero attached hydrogens (tertiary/aromatic N) is 2. The maximum Gasteiger partial charge on any atom is 0.528 e. The van der Waals surface area contributed by atoms with Gasteiger partial charge in [0, 0.05) is 18.9 Å². The van der Waals surface area contributed by atoms with Gasteiger partial charge in [-0.25, -0.2) is 4.52 Å². The molecule has 0 heterocycles. The number of rotatable bonds is 7. The van der Waals surface area contributed by atoms with Crippen molar-refractivity contribution in [2.45, 2.75) is 13.3 Å². The van der Waals surface area contributed by atoms with Crippen LogP contribution >= 0.6 is 8.45 Å². The quantitative estimate of drug-likeness (QED) is 0.642. The third-order valence-electron chi connectivity index (χ3n) is 1.51. The zero-order chi connectivity index (χ0) is 12.8. The molecule has 3 nitrogen and oxygen atoms in total. The predicted molar refractivity (Wildman–Crippen MR) is 58.9 cm³/mol. The van der Waals surface area contributed by atoms with Crippen LogP contribution in [0.4, 0.5) is 13.2 Å². The average molecular weight is 254 g/mol. The maximum absolute atomic E-state index is 12.2. The van der Waals surface area contributed by atoms with E-state index in [4.69, 9.17) is 0 Å². The normalized spacial score (nSPS) is 12.8. The summed E-state index contributed by atoms with van der Waals surface area (Å²) in [4.78, 5) is 0. The van der Waals surface area contributed by atoms with Gasteiger partial charge >= 0.3 is 6.36 Å². The minimum atomic E-state index is -4.72. The van der Waals surface area contributed by atoms with Crippen molar-refractivity contribution in [3.63, 3.8) is 0 Å². The molecule has 0 rings (SSSR count). The second-order valence-electron chi connectivity index (χ2n) is 2.47. The Kier molecular flexibility index (Phi) is 6.14. The summed E-state index contributed by atoms with van der Waals surface area (Å²) in [6, 6.07) is 0. The lowest BCUT2D eigenvalue weighted by molar-refractivity contribution is -0.274. The van der Waals surface area contributed by atoms with E-state index in [-0.39, 0.29) is 0 Å². The molecule has 0 spiro atoms. The van der Waals surface area contributed by atoms with Crippen molar-refractivity contribution in [1.82, 2.24) is 9.34 Å². The Balaban J connectivity index is 4.93. The summed E-state index contributed by atoms with van der Waals surface area (Å²) < 4.78 is 43.1. The second-order valence-corrected chi connectivity index (χ2v) is 4.14. The highest BCUT2D eigenvalue weighted by Crippen LogP contribution is 2.50. The molecule has 0 aromatic heterocycles. The molecule has 0 aromatic rings. The molecule has 0 aliphatic heterocycles. The molecule has 1 atom stereocenters. The minimum absolute atomic E-state index is 0.337. The van der Waals surface area contributed by atoms with E-state index in [1.165, 1.54) is 23.3 Å². The summed E-state index contributed by atoms with van der Waals surface area (Å²) in [6.07, 6.45) is -0.989. The summed E-state index contributed by atoms with van der Waals surface area (Å²) in [5.74, 6) is 0. The third kappa shape index (κ3) is 4.68. The van der Waals surface area contributed by atoms with Crippen LogP contribution in [0.15, 0.2) is 38.3 Å². The first-order valence-electron chi connectivity index (χ1n) is 4.38. The van der Waals surface area contributed by atoms with E-state index in [9.17, 15) is 13.2 Å². The van der Waals surface area contributed by atoms with E-state index >= 15 is 0 Å². The van der Waals surface area contributed by atoms with Crippen molar-refractivity contribution in [2.24, 2.45) is 0 Å². The molecule has 0 saturated heterocycles. The maximum atomic E-state index is 12.2. The number of alkyl halides is 3. The van der Waals surface area contributed by atoms with Crippen LogP contribution in [-0.2, 0) is 4.52 Å². The van der Waals surface area contributed by atoms with Crippen molar-refractivity contribution < 1.29 is 17.7 Å². The molecule has 0 fully saturated rings.